The van der Waals surface area contributed by atoms with Crippen molar-refractivity contribution in [3.8, 4) is 0 Å². The molecule has 3 aromatic carbocycles. The zero-order valence-electron chi connectivity index (χ0n) is 24.9. The maximum atomic E-state index is 13.8. The maximum absolute atomic E-state index is 13.8. The fourth-order valence-corrected chi connectivity index (χ4v) is 6.30. The first-order valence-corrected chi connectivity index (χ1v) is 15.7. The van der Waals surface area contributed by atoms with E-state index in [-0.39, 0.29) is 5.56 Å². The molecule has 1 aromatic heterocycles. The lowest BCUT2D eigenvalue weighted by Crippen LogP contribution is -2.25. The zero-order chi connectivity index (χ0) is 30.3. The molecule has 0 spiro atoms. The molecule has 1 N–H and O–H groups in total. The van der Waals surface area contributed by atoms with E-state index in [9.17, 15) is 18.0 Å². The van der Waals surface area contributed by atoms with Gasteiger partial charge in [0.05, 0.1) is 5.56 Å². The molecule has 0 atom stereocenters. The van der Waals surface area contributed by atoms with E-state index < -0.39 is 17.6 Å². The zero-order valence-corrected chi connectivity index (χ0v) is 25.7. The van der Waals surface area contributed by atoms with Crippen LogP contribution >= 0.6 is 11.3 Å². The van der Waals surface area contributed by atoms with Gasteiger partial charge in [-0.1, -0.05) is 45.9 Å². The minimum Gasteiger partial charge on any atom is -0.367 e. The molecule has 1 aliphatic heterocycles. The number of anilines is 2. The standard InChI is InChI=1S/C32H34F3N3OS.C2H6/c1-3-11-37(12-4-2)20-23-15-26(18-27(16-23)32(33,34)35)31(39)36-28-8-7-24-9-13-38(29(24)19-28)21-22-5-6-25-10-14-40-30(25)17-22;1-2/h5-8,10,14-19H,3-4,9,11-13,20-21H2,1-2H3,(H,36,39);1-2H3. The molecule has 0 unspecified atom stereocenters. The van der Waals surface area contributed by atoms with Gasteiger partial charge in [-0.25, -0.2) is 0 Å². The predicted molar refractivity (Wildman–Crippen MR) is 170 cm³/mol. The molecule has 5 rings (SSSR count). The van der Waals surface area contributed by atoms with Gasteiger partial charge in [0.15, 0.2) is 0 Å². The van der Waals surface area contributed by atoms with Gasteiger partial charge < -0.3 is 10.2 Å². The van der Waals surface area contributed by atoms with Crippen LogP contribution in [0.2, 0.25) is 0 Å². The Labute approximate surface area is 251 Å². The minimum absolute atomic E-state index is 0.0133. The van der Waals surface area contributed by atoms with E-state index in [0.717, 1.165) is 63.3 Å². The van der Waals surface area contributed by atoms with Gasteiger partial charge >= 0.3 is 6.18 Å². The molecule has 0 saturated heterocycles. The minimum atomic E-state index is -4.54. The van der Waals surface area contributed by atoms with E-state index in [1.54, 1.807) is 17.4 Å². The summed E-state index contributed by atoms with van der Waals surface area (Å²) < 4.78 is 42.5. The summed E-state index contributed by atoms with van der Waals surface area (Å²) in [6.45, 7) is 11.7. The van der Waals surface area contributed by atoms with Crippen molar-refractivity contribution in [3.05, 3.63) is 93.9 Å². The van der Waals surface area contributed by atoms with Crippen molar-refractivity contribution in [1.29, 1.82) is 0 Å². The fourth-order valence-electron chi connectivity index (χ4n) is 5.45. The number of fused-ring (bicyclic) bond motifs is 2. The Balaban J connectivity index is 0.00000198. The third kappa shape index (κ3) is 7.72. The van der Waals surface area contributed by atoms with Crippen LogP contribution in [0, 0.1) is 0 Å². The highest BCUT2D eigenvalue weighted by Gasteiger charge is 2.32. The SMILES string of the molecule is CC.CCCN(CCC)Cc1cc(C(=O)Nc2ccc3c(c2)N(Cc2ccc4ccsc4c2)CC3)cc(C(F)(F)F)c1. The Morgan fingerprint density at radius 3 is 2.43 bits per heavy atom. The van der Waals surface area contributed by atoms with Crippen LogP contribution < -0.4 is 10.2 Å². The van der Waals surface area contributed by atoms with Crippen LogP contribution in [-0.4, -0.2) is 30.4 Å². The number of amides is 1. The Morgan fingerprint density at radius 1 is 0.952 bits per heavy atom. The van der Waals surface area contributed by atoms with E-state index in [0.29, 0.717) is 17.8 Å². The highest BCUT2D eigenvalue weighted by Crippen LogP contribution is 2.34. The lowest BCUT2D eigenvalue weighted by Gasteiger charge is -2.22. The summed E-state index contributed by atoms with van der Waals surface area (Å²) in [7, 11) is 0. The fraction of sp³-hybridized carbons (Fsp3) is 0.382. The van der Waals surface area contributed by atoms with Crippen molar-refractivity contribution in [2.45, 2.75) is 66.2 Å². The summed E-state index contributed by atoms with van der Waals surface area (Å²) in [5, 5.41) is 6.19. The second-order valence-corrected chi connectivity index (χ2v) is 11.4. The molecule has 42 heavy (non-hydrogen) atoms. The van der Waals surface area contributed by atoms with Gasteiger partial charge in [0, 0.05) is 41.3 Å². The van der Waals surface area contributed by atoms with Crippen LogP contribution in [-0.2, 0) is 25.7 Å². The van der Waals surface area contributed by atoms with Crippen LogP contribution in [0.4, 0.5) is 24.5 Å². The molecular weight excluding hydrogens is 555 g/mol. The molecule has 224 valence electrons. The third-order valence-corrected chi connectivity index (χ3v) is 8.18. The summed E-state index contributed by atoms with van der Waals surface area (Å²) >= 11 is 1.72. The number of carbonyl (C=O) groups is 1. The van der Waals surface area contributed by atoms with E-state index in [4.69, 9.17) is 0 Å². The summed E-state index contributed by atoms with van der Waals surface area (Å²) in [4.78, 5) is 17.7. The van der Waals surface area contributed by atoms with E-state index in [2.05, 4.69) is 44.8 Å². The van der Waals surface area contributed by atoms with Crippen molar-refractivity contribution >= 4 is 38.7 Å². The van der Waals surface area contributed by atoms with Crippen molar-refractivity contribution in [2.75, 3.05) is 29.9 Å². The van der Waals surface area contributed by atoms with E-state index >= 15 is 0 Å². The largest absolute Gasteiger partial charge is 0.416 e. The Bertz CT molecular complexity index is 1490. The molecule has 0 fully saturated rings. The smallest absolute Gasteiger partial charge is 0.367 e. The van der Waals surface area contributed by atoms with E-state index in [1.807, 2.05) is 45.9 Å². The number of hydrogen-bond donors (Lipinski definition) is 1. The number of rotatable bonds is 10. The molecule has 0 bridgehead atoms. The molecular formula is C34H40F3N3OS. The normalized spacial score (nSPS) is 12.8. The molecule has 1 amide bonds. The topological polar surface area (TPSA) is 35.6 Å². The number of benzene rings is 3. The Hall–Kier alpha value is -3.36. The molecule has 0 aliphatic carbocycles. The first kappa shape index (κ1) is 31.6. The monoisotopic (exact) mass is 595 g/mol. The van der Waals surface area contributed by atoms with Crippen LogP contribution in [0.15, 0.2) is 66.0 Å². The Kier molecular flexibility index (Phi) is 10.7. The van der Waals surface area contributed by atoms with Crippen LogP contribution in [0.3, 0.4) is 0 Å². The van der Waals surface area contributed by atoms with Crippen LogP contribution in [0.25, 0.3) is 10.1 Å². The number of hydrogen-bond acceptors (Lipinski definition) is 4. The maximum Gasteiger partial charge on any atom is 0.416 e. The predicted octanol–water partition coefficient (Wildman–Crippen LogP) is 9.38. The number of thiophene rings is 1. The van der Waals surface area contributed by atoms with Gasteiger partial charge in [-0.05, 0) is 102 Å². The first-order chi connectivity index (χ1) is 20.2. The number of carbonyl (C=O) groups excluding carboxylic acids is 1. The molecule has 4 aromatic rings. The van der Waals surface area contributed by atoms with Gasteiger partial charge in [-0.2, -0.15) is 13.2 Å². The van der Waals surface area contributed by atoms with E-state index in [1.165, 1.54) is 21.2 Å². The average molecular weight is 596 g/mol. The molecule has 0 saturated carbocycles. The molecule has 1 aliphatic rings. The van der Waals surface area contributed by atoms with Crippen molar-refractivity contribution < 1.29 is 18.0 Å². The molecule has 8 heteroatoms. The third-order valence-electron chi connectivity index (χ3n) is 7.30. The first-order valence-electron chi connectivity index (χ1n) is 14.8. The molecule has 0 radical (unpaired) electrons. The summed E-state index contributed by atoms with van der Waals surface area (Å²) in [5.41, 5.74) is 3.73. The second-order valence-electron chi connectivity index (χ2n) is 10.5. The quantitative estimate of drug-likeness (QED) is 0.198. The average Bonchev–Trinajstić information content (AvgIpc) is 3.60. The van der Waals surface area contributed by atoms with Gasteiger partial charge in [0.25, 0.3) is 5.91 Å². The lowest BCUT2D eigenvalue weighted by atomic mass is 10.0. The van der Waals surface area contributed by atoms with Gasteiger partial charge in [-0.15, -0.1) is 11.3 Å². The van der Waals surface area contributed by atoms with Gasteiger partial charge in [0.2, 0.25) is 0 Å². The van der Waals surface area contributed by atoms with Crippen molar-refractivity contribution in [2.24, 2.45) is 0 Å². The lowest BCUT2D eigenvalue weighted by molar-refractivity contribution is -0.137. The van der Waals surface area contributed by atoms with Gasteiger partial charge in [-0.3, -0.25) is 9.69 Å². The van der Waals surface area contributed by atoms with Crippen LogP contribution in [0.1, 0.15) is 73.1 Å². The van der Waals surface area contributed by atoms with Gasteiger partial charge in [0.1, 0.15) is 0 Å². The number of nitrogens with one attached hydrogen (secondary N) is 1. The number of halogens is 3. The highest BCUT2D eigenvalue weighted by molar-refractivity contribution is 7.17. The summed E-state index contributed by atoms with van der Waals surface area (Å²) in [6.07, 6.45) is -1.81. The van der Waals surface area contributed by atoms with Crippen molar-refractivity contribution in [3.63, 3.8) is 0 Å². The molecule has 4 nitrogen and oxygen atoms in total. The van der Waals surface area contributed by atoms with Crippen molar-refractivity contribution in [1.82, 2.24) is 4.90 Å². The summed E-state index contributed by atoms with van der Waals surface area (Å²) in [5.74, 6) is -0.544. The Morgan fingerprint density at radius 2 is 1.71 bits per heavy atom. The highest BCUT2D eigenvalue weighted by atomic mass is 32.1. The number of nitrogens with zero attached hydrogens (tertiary/aromatic N) is 2. The molecule has 2 heterocycles. The second kappa shape index (κ2) is 14.2. The van der Waals surface area contributed by atoms with Crippen LogP contribution in [0.5, 0.6) is 0 Å². The summed E-state index contributed by atoms with van der Waals surface area (Å²) in [6, 6.07) is 18.1. The number of alkyl halides is 3.